The van der Waals surface area contributed by atoms with Gasteiger partial charge in [-0.05, 0) is 32.0 Å². The van der Waals surface area contributed by atoms with Crippen molar-refractivity contribution >= 4 is 29.1 Å². The predicted octanol–water partition coefficient (Wildman–Crippen LogP) is 3.55. The first kappa shape index (κ1) is 10.8. The molecule has 0 N–H and O–H groups in total. The Kier molecular flexibility index (Phi) is 2.65. The highest BCUT2D eigenvalue weighted by molar-refractivity contribution is 6.36. The van der Waals surface area contributed by atoms with E-state index in [0.29, 0.717) is 22.5 Å². The van der Waals surface area contributed by atoms with Crippen LogP contribution in [0.1, 0.15) is 19.4 Å². The van der Waals surface area contributed by atoms with E-state index in [9.17, 15) is 0 Å². The number of hydrogen-bond acceptors (Lipinski definition) is 2. The van der Waals surface area contributed by atoms with E-state index in [0.717, 1.165) is 5.56 Å². The van der Waals surface area contributed by atoms with Crippen LogP contribution < -0.4 is 0 Å². The van der Waals surface area contributed by atoms with Crippen LogP contribution in [0.25, 0.3) is 0 Å². The fraction of sp³-hybridized carbons (Fsp3) is 0.364. The molecule has 80 valence electrons. The maximum atomic E-state index is 6.06. The van der Waals surface area contributed by atoms with E-state index in [1.165, 1.54) is 0 Å². The summed E-state index contributed by atoms with van der Waals surface area (Å²) in [7, 11) is 0. The summed E-state index contributed by atoms with van der Waals surface area (Å²) >= 11 is 11.9. The molecule has 0 saturated carbocycles. The highest BCUT2D eigenvalue weighted by atomic mass is 35.5. The van der Waals surface area contributed by atoms with E-state index in [2.05, 4.69) is 4.99 Å². The molecule has 4 heteroatoms. The lowest BCUT2D eigenvalue weighted by atomic mass is 10.1. The largest absolute Gasteiger partial charge is 0.475 e. The van der Waals surface area contributed by atoms with Crippen molar-refractivity contribution in [1.29, 1.82) is 0 Å². The van der Waals surface area contributed by atoms with Gasteiger partial charge in [-0.3, -0.25) is 0 Å². The number of rotatable bonds is 1. The Labute approximate surface area is 98.9 Å². The number of nitrogens with zero attached hydrogens (tertiary/aromatic N) is 1. The number of benzene rings is 1. The van der Waals surface area contributed by atoms with Gasteiger partial charge in [0.05, 0.1) is 16.1 Å². The first-order chi connectivity index (χ1) is 6.98. The van der Waals surface area contributed by atoms with Crippen molar-refractivity contribution in [1.82, 2.24) is 0 Å². The van der Waals surface area contributed by atoms with Crippen LogP contribution in [0.2, 0.25) is 10.0 Å². The molecule has 0 unspecified atom stereocenters. The van der Waals surface area contributed by atoms with Crippen molar-refractivity contribution in [3.63, 3.8) is 0 Å². The summed E-state index contributed by atoms with van der Waals surface area (Å²) in [5.74, 6) is 0.599. The average molecular weight is 244 g/mol. The van der Waals surface area contributed by atoms with Crippen molar-refractivity contribution < 1.29 is 4.74 Å². The molecule has 0 bridgehead atoms. The van der Waals surface area contributed by atoms with Crippen molar-refractivity contribution in [3.8, 4) is 0 Å². The molecule has 1 aliphatic heterocycles. The number of hydrogen-bond donors (Lipinski definition) is 0. The Bertz CT molecular complexity index is 427. The van der Waals surface area contributed by atoms with E-state index in [1.54, 1.807) is 12.1 Å². The topological polar surface area (TPSA) is 21.6 Å². The summed E-state index contributed by atoms with van der Waals surface area (Å²) in [5, 5.41) is 1.18. The van der Waals surface area contributed by atoms with E-state index < -0.39 is 0 Å². The number of aliphatic imine (C=N–C) groups is 1. The van der Waals surface area contributed by atoms with E-state index in [4.69, 9.17) is 27.9 Å². The zero-order valence-electron chi connectivity index (χ0n) is 8.55. The maximum Gasteiger partial charge on any atom is 0.218 e. The summed E-state index contributed by atoms with van der Waals surface area (Å²) in [5.41, 5.74) is 0.629. The second kappa shape index (κ2) is 3.69. The highest BCUT2D eigenvalue weighted by Crippen LogP contribution is 2.26. The Morgan fingerprint density at radius 2 is 2.07 bits per heavy atom. The Morgan fingerprint density at radius 3 is 2.60 bits per heavy atom. The number of ether oxygens (including phenoxy) is 1. The Hall–Kier alpha value is -0.730. The van der Waals surface area contributed by atoms with Crippen LogP contribution in [0.5, 0.6) is 0 Å². The van der Waals surface area contributed by atoms with Crippen molar-refractivity contribution in [3.05, 3.63) is 33.8 Å². The van der Waals surface area contributed by atoms with Gasteiger partial charge in [0.15, 0.2) is 0 Å². The second-order valence-electron chi connectivity index (χ2n) is 4.14. The van der Waals surface area contributed by atoms with Crippen LogP contribution in [0.15, 0.2) is 23.2 Å². The third-order valence-electron chi connectivity index (χ3n) is 2.13. The van der Waals surface area contributed by atoms with Crippen molar-refractivity contribution in [2.24, 2.45) is 4.99 Å². The lowest BCUT2D eigenvalue weighted by Crippen LogP contribution is -2.17. The molecule has 1 aromatic carbocycles. The fourth-order valence-corrected chi connectivity index (χ4v) is 1.87. The molecule has 0 amide bonds. The van der Waals surface area contributed by atoms with Gasteiger partial charge in [0.2, 0.25) is 5.90 Å². The molecular weight excluding hydrogens is 233 g/mol. The smallest absolute Gasteiger partial charge is 0.218 e. The minimum Gasteiger partial charge on any atom is -0.475 e. The van der Waals surface area contributed by atoms with Crippen molar-refractivity contribution in [2.45, 2.75) is 19.4 Å². The zero-order valence-corrected chi connectivity index (χ0v) is 10.1. The van der Waals surface area contributed by atoms with Crippen molar-refractivity contribution in [2.75, 3.05) is 6.61 Å². The lowest BCUT2D eigenvalue weighted by molar-refractivity contribution is 0.279. The summed E-state index contributed by atoms with van der Waals surface area (Å²) < 4.78 is 5.50. The molecule has 0 atom stereocenters. The van der Waals surface area contributed by atoms with Gasteiger partial charge in [-0.25, -0.2) is 4.99 Å². The van der Waals surface area contributed by atoms with Gasteiger partial charge >= 0.3 is 0 Å². The molecule has 0 aliphatic carbocycles. The SMILES string of the molecule is CC1(C)COC(c2ccc(Cl)cc2Cl)=N1. The standard InChI is InChI=1S/C11H11Cl2NO/c1-11(2)6-15-10(14-11)8-4-3-7(12)5-9(8)13/h3-5H,6H2,1-2H3. The maximum absolute atomic E-state index is 6.06. The Balaban J connectivity index is 2.39. The molecule has 0 spiro atoms. The molecule has 1 aromatic rings. The minimum absolute atomic E-state index is 0.168. The fourth-order valence-electron chi connectivity index (χ4n) is 1.39. The van der Waals surface area contributed by atoms with Crippen LogP contribution in [0.3, 0.4) is 0 Å². The van der Waals surface area contributed by atoms with Gasteiger partial charge in [-0.1, -0.05) is 23.2 Å². The van der Waals surface area contributed by atoms with Crippen LogP contribution in [0, 0.1) is 0 Å². The molecule has 1 aliphatic rings. The molecule has 0 radical (unpaired) electrons. The molecule has 2 nitrogen and oxygen atoms in total. The van der Waals surface area contributed by atoms with Gasteiger partial charge < -0.3 is 4.74 Å². The third kappa shape index (κ3) is 2.27. The molecule has 0 saturated heterocycles. The summed E-state index contributed by atoms with van der Waals surface area (Å²) in [6, 6.07) is 5.29. The summed E-state index contributed by atoms with van der Waals surface area (Å²) in [4.78, 5) is 4.45. The minimum atomic E-state index is -0.168. The summed E-state index contributed by atoms with van der Waals surface area (Å²) in [6.45, 7) is 4.62. The molecule has 0 fully saturated rings. The Morgan fingerprint density at radius 1 is 1.33 bits per heavy atom. The first-order valence-electron chi connectivity index (χ1n) is 4.66. The number of halogens is 2. The van der Waals surface area contributed by atoms with E-state index in [1.807, 2.05) is 19.9 Å². The van der Waals surface area contributed by atoms with E-state index in [-0.39, 0.29) is 5.54 Å². The van der Waals surface area contributed by atoms with Gasteiger partial charge in [-0.15, -0.1) is 0 Å². The van der Waals surface area contributed by atoms with Gasteiger partial charge in [-0.2, -0.15) is 0 Å². The monoisotopic (exact) mass is 243 g/mol. The van der Waals surface area contributed by atoms with Crippen LogP contribution in [0.4, 0.5) is 0 Å². The normalized spacial score (nSPS) is 18.5. The summed E-state index contributed by atoms with van der Waals surface area (Å²) in [6.07, 6.45) is 0. The quantitative estimate of drug-likeness (QED) is 0.740. The molecule has 1 heterocycles. The predicted molar refractivity (Wildman–Crippen MR) is 63.0 cm³/mol. The highest BCUT2D eigenvalue weighted by Gasteiger charge is 2.27. The molecule has 0 aromatic heterocycles. The molecular formula is C11H11Cl2NO. The van der Waals surface area contributed by atoms with Crippen LogP contribution in [-0.2, 0) is 4.74 Å². The van der Waals surface area contributed by atoms with Gasteiger partial charge in [0, 0.05) is 5.02 Å². The van der Waals surface area contributed by atoms with Gasteiger partial charge in [0.1, 0.15) is 6.61 Å². The van der Waals surface area contributed by atoms with Gasteiger partial charge in [0.25, 0.3) is 0 Å². The zero-order chi connectivity index (χ0) is 11.1. The first-order valence-corrected chi connectivity index (χ1v) is 5.42. The van der Waals surface area contributed by atoms with E-state index >= 15 is 0 Å². The third-order valence-corrected chi connectivity index (χ3v) is 2.68. The second-order valence-corrected chi connectivity index (χ2v) is 4.99. The van der Waals surface area contributed by atoms with Crippen LogP contribution in [-0.4, -0.2) is 18.0 Å². The van der Waals surface area contributed by atoms with Crippen LogP contribution >= 0.6 is 23.2 Å². The molecule has 15 heavy (non-hydrogen) atoms. The lowest BCUT2D eigenvalue weighted by Gasteiger charge is -2.07. The average Bonchev–Trinajstić information content (AvgIpc) is 2.46. The molecule has 2 rings (SSSR count).